The number of carbonyl (C=O) groups excluding carboxylic acids is 3. The lowest BCUT2D eigenvalue weighted by Gasteiger charge is -2.28. The van der Waals surface area contributed by atoms with Crippen molar-refractivity contribution in [2.24, 2.45) is 0 Å². The minimum Gasteiger partial charge on any atom is -0.325 e. The molecular weight excluding hydrogens is 443 g/mol. The van der Waals surface area contributed by atoms with Gasteiger partial charge in [-0.15, -0.1) is 0 Å². The molecule has 7 heteroatoms. The molecule has 1 heterocycles. The van der Waals surface area contributed by atoms with Crippen molar-refractivity contribution in [3.63, 3.8) is 0 Å². The topological polar surface area (TPSA) is 57.7 Å². The van der Waals surface area contributed by atoms with Crippen molar-refractivity contribution in [3.05, 3.63) is 100 Å². The highest BCUT2D eigenvalue weighted by Crippen LogP contribution is 2.27. The summed E-state index contributed by atoms with van der Waals surface area (Å²) in [7, 11) is 0. The van der Waals surface area contributed by atoms with Crippen molar-refractivity contribution in [2.45, 2.75) is 32.4 Å². The number of nitrogens with zero attached hydrogens (tertiary/aromatic N) is 2. The normalized spacial score (nSPS) is 15.7. The number of carbonyl (C=O) groups is 3. The highest BCUT2D eigenvalue weighted by molar-refractivity contribution is 6.30. The fraction of sp³-hybridized carbons (Fsp3) is 0.192. The Bertz CT molecular complexity index is 1180. The van der Waals surface area contributed by atoms with E-state index in [4.69, 9.17) is 11.6 Å². The summed E-state index contributed by atoms with van der Waals surface area (Å²) < 4.78 is 13.4. The fourth-order valence-electron chi connectivity index (χ4n) is 3.86. The first kappa shape index (κ1) is 22.7. The number of halogens is 2. The summed E-state index contributed by atoms with van der Waals surface area (Å²) in [6.45, 7) is 2.00. The van der Waals surface area contributed by atoms with Gasteiger partial charge in [-0.3, -0.25) is 14.4 Å². The van der Waals surface area contributed by atoms with Gasteiger partial charge in [-0.25, -0.2) is 9.29 Å². The number of amides is 3. The van der Waals surface area contributed by atoms with Crippen LogP contribution in [0.5, 0.6) is 0 Å². The third-order valence-electron chi connectivity index (χ3n) is 5.65. The quantitative estimate of drug-likeness (QED) is 0.497. The van der Waals surface area contributed by atoms with Gasteiger partial charge in [0.1, 0.15) is 11.9 Å². The van der Waals surface area contributed by atoms with Gasteiger partial charge in [-0.05, 0) is 54.4 Å². The van der Waals surface area contributed by atoms with Crippen molar-refractivity contribution in [1.29, 1.82) is 0 Å². The van der Waals surface area contributed by atoms with E-state index < -0.39 is 17.8 Å². The highest BCUT2D eigenvalue weighted by Gasteiger charge is 2.44. The van der Waals surface area contributed by atoms with Crippen LogP contribution in [0, 0.1) is 12.7 Å². The van der Waals surface area contributed by atoms with Gasteiger partial charge >= 0.3 is 0 Å². The fourth-order valence-corrected chi connectivity index (χ4v) is 3.99. The Morgan fingerprint density at radius 2 is 1.58 bits per heavy atom. The molecule has 0 radical (unpaired) electrons. The lowest BCUT2D eigenvalue weighted by atomic mass is 10.1. The molecule has 1 unspecified atom stereocenters. The van der Waals surface area contributed by atoms with Crippen molar-refractivity contribution < 1.29 is 18.8 Å². The second kappa shape index (κ2) is 9.55. The lowest BCUT2D eigenvalue weighted by molar-refractivity contribution is -0.138. The van der Waals surface area contributed by atoms with Crippen LogP contribution in [-0.4, -0.2) is 28.7 Å². The van der Waals surface area contributed by atoms with Crippen molar-refractivity contribution >= 4 is 35.0 Å². The van der Waals surface area contributed by atoms with E-state index in [0.717, 1.165) is 16.0 Å². The van der Waals surface area contributed by atoms with E-state index in [9.17, 15) is 18.8 Å². The van der Waals surface area contributed by atoms with Gasteiger partial charge in [0.15, 0.2) is 0 Å². The summed E-state index contributed by atoms with van der Waals surface area (Å²) in [4.78, 5) is 42.0. The van der Waals surface area contributed by atoms with Crippen LogP contribution in [0.1, 0.15) is 23.1 Å². The van der Waals surface area contributed by atoms with Gasteiger partial charge in [0.05, 0.1) is 18.5 Å². The van der Waals surface area contributed by atoms with Gasteiger partial charge in [0.25, 0.3) is 5.91 Å². The van der Waals surface area contributed by atoms with Crippen LogP contribution in [0.3, 0.4) is 0 Å². The Morgan fingerprint density at radius 3 is 2.21 bits per heavy atom. The second-order valence-corrected chi connectivity index (χ2v) is 8.51. The second-order valence-electron chi connectivity index (χ2n) is 8.07. The third-order valence-corrected chi connectivity index (χ3v) is 5.90. The molecule has 33 heavy (non-hydrogen) atoms. The largest absolute Gasteiger partial charge is 0.325 e. The molecule has 0 aromatic heterocycles. The highest BCUT2D eigenvalue weighted by atomic mass is 35.5. The third kappa shape index (κ3) is 5.12. The summed E-state index contributed by atoms with van der Waals surface area (Å²) in [6, 6.07) is 18.8. The average molecular weight is 465 g/mol. The zero-order valence-electron chi connectivity index (χ0n) is 18.0. The first-order valence-corrected chi connectivity index (χ1v) is 10.9. The number of benzene rings is 3. The van der Waals surface area contributed by atoms with Gasteiger partial charge in [0, 0.05) is 11.6 Å². The van der Waals surface area contributed by atoms with Crippen LogP contribution in [0.2, 0.25) is 5.02 Å². The average Bonchev–Trinajstić information content (AvgIpc) is 3.09. The molecule has 1 saturated heterocycles. The van der Waals surface area contributed by atoms with Gasteiger partial charge in [-0.1, -0.05) is 53.6 Å². The van der Waals surface area contributed by atoms with E-state index in [0.29, 0.717) is 16.3 Å². The number of hydrogen-bond donors (Lipinski definition) is 0. The summed E-state index contributed by atoms with van der Waals surface area (Å²) in [6.07, 6.45) is -0.0683. The number of aryl methyl sites for hydroxylation is 1. The van der Waals surface area contributed by atoms with Crippen LogP contribution < -0.4 is 4.90 Å². The SMILES string of the molecule is Cc1ccc(N2C(=O)CC(N(Cc3ccc(F)cc3)C(=O)Cc3ccc(Cl)cc3)C2=O)cc1. The molecule has 0 N–H and O–H groups in total. The zero-order valence-corrected chi connectivity index (χ0v) is 18.8. The van der Waals surface area contributed by atoms with E-state index in [2.05, 4.69) is 0 Å². The Labute approximate surface area is 196 Å². The van der Waals surface area contributed by atoms with Crippen molar-refractivity contribution in [3.8, 4) is 0 Å². The monoisotopic (exact) mass is 464 g/mol. The molecule has 3 aromatic carbocycles. The maximum atomic E-state index is 13.4. The molecule has 4 rings (SSSR count). The van der Waals surface area contributed by atoms with Crippen LogP contribution in [-0.2, 0) is 27.3 Å². The molecule has 0 bridgehead atoms. The molecule has 0 aliphatic carbocycles. The van der Waals surface area contributed by atoms with Crippen molar-refractivity contribution in [1.82, 2.24) is 4.90 Å². The smallest absolute Gasteiger partial charge is 0.257 e. The first-order valence-electron chi connectivity index (χ1n) is 10.5. The molecule has 0 spiro atoms. The molecule has 168 valence electrons. The zero-order chi connectivity index (χ0) is 23.5. The molecular formula is C26H22ClFN2O3. The summed E-state index contributed by atoms with van der Waals surface area (Å²) in [5.41, 5.74) is 2.88. The number of rotatable bonds is 6. The van der Waals surface area contributed by atoms with E-state index in [-0.39, 0.29) is 31.2 Å². The molecule has 1 aliphatic rings. The standard InChI is InChI=1S/C26H22ClFN2O3/c1-17-2-12-22(13-3-17)30-25(32)15-23(26(30)33)29(16-19-6-10-21(28)11-7-19)24(31)14-18-4-8-20(27)9-5-18/h2-13,23H,14-16H2,1H3. The van der Waals surface area contributed by atoms with Crippen LogP contribution in [0.25, 0.3) is 0 Å². The van der Waals surface area contributed by atoms with E-state index >= 15 is 0 Å². The predicted octanol–water partition coefficient (Wildman–Crippen LogP) is 4.69. The van der Waals surface area contributed by atoms with Crippen LogP contribution in [0.15, 0.2) is 72.8 Å². The van der Waals surface area contributed by atoms with Gasteiger partial charge in [-0.2, -0.15) is 0 Å². The molecule has 0 saturated carbocycles. The lowest BCUT2D eigenvalue weighted by Crippen LogP contribution is -2.45. The van der Waals surface area contributed by atoms with Crippen molar-refractivity contribution in [2.75, 3.05) is 4.90 Å². The molecule has 3 aromatic rings. The minimum absolute atomic E-state index is 0.0425. The Morgan fingerprint density at radius 1 is 0.970 bits per heavy atom. The Balaban J connectivity index is 1.62. The molecule has 1 atom stereocenters. The van der Waals surface area contributed by atoms with E-state index in [1.54, 1.807) is 48.5 Å². The number of hydrogen-bond acceptors (Lipinski definition) is 3. The number of anilines is 1. The van der Waals surface area contributed by atoms with Gasteiger partial charge in [0.2, 0.25) is 11.8 Å². The predicted molar refractivity (Wildman–Crippen MR) is 124 cm³/mol. The molecule has 1 aliphatic heterocycles. The minimum atomic E-state index is -0.941. The van der Waals surface area contributed by atoms with Gasteiger partial charge < -0.3 is 4.90 Å². The molecule has 5 nitrogen and oxygen atoms in total. The maximum Gasteiger partial charge on any atom is 0.257 e. The first-order chi connectivity index (χ1) is 15.8. The Kier molecular flexibility index (Phi) is 6.56. The van der Waals surface area contributed by atoms with Crippen LogP contribution >= 0.6 is 11.6 Å². The number of imide groups is 1. The Hall–Kier alpha value is -3.51. The summed E-state index contributed by atoms with van der Waals surface area (Å²) in [5.74, 6) is -1.51. The summed E-state index contributed by atoms with van der Waals surface area (Å²) in [5, 5.41) is 0.555. The van der Waals surface area contributed by atoms with E-state index in [1.807, 2.05) is 19.1 Å². The molecule has 1 fully saturated rings. The molecule has 3 amide bonds. The van der Waals surface area contributed by atoms with E-state index in [1.165, 1.54) is 17.0 Å². The summed E-state index contributed by atoms with van der Waals surface area (Å²) >= 11 is 5.94. The van der Waals surface area contributed by atoms with Crippen LogP contribution in [0.4, 0.5) is 10.1 Å². The maximum absolute atomic E-state index is 13.4.